The van der Waals surface area contributed by atoms with Crippen molar-refractivity contribution in [1.29, 1.82) is 0 Å². The Morgan fingerprint density at radius 2 is 2.29 bits per heavy atom. The van der Waals surface area contributed by atoms with Gasteiger partial charge in [-0.2, -0.15) is 0 Å². The van der Waals surface area contributed by atoms with E-state index in [4.69, 9.17) is 0 Å². The van der Waals surface area contributed by atoms with Crippen LogP contribution in [0.5, 0.6) is 0 Å². The van der Waals surface area contributed by atoms with E-state index in [9.17, 15) is 4.79 Å². The molecule has 14 heavy (non-hydrogen) atoms. The Bertz CT molecular complexity index is 349. The second-order valence-corrected chi connectivity index (χ2v) is 3.38. The van der Waals surface area contributed by atoms with Crippen LogP contribution < -0.4 is 4.90 Å². The van der Waals surface area contributed by atoms with Crippen LogP contribution in [0.1, 0.15) is 5.56 Å². The van der Waals surface area contributed by atoms with Crippen molar-refractivity contribution < 1.29 is 9.53 Å². The molecule has 0 radical (unpaired) electrons. The number of rotatable bonds is 2. The van der Waals surface area contributed by atoms with Crippen molar-refractivity contribution in [2.24, 2.45) is 0 Å². The molecule has 0 unspecified atom stereocenters. The van der Waals surface area contributed by atoms with E-state index < -0.39 is 0 Å². The SMILES string of the molecule is COC(=O)CN1CCc2ccccc21. The lowest BCUT2D eigenvalue weighted by molar-refractivity contribution is -0.138. The lowest BCUT2D eigenvalue weighted by Crippen LogP contribution is -2.28. The number of benzene rings is 1. The van der Waals surface area contributed by atoms with Gasteiger partial charge in [0.1, 0.15) is 6.54 Å². The van der Waals surface area contributed by atoms with E-state index in [0.717, 1.165) is 18.7 Å². The summed E-state index contributed by atoms with van der Waals surface area (Å²) in [5, 5.41) is 0. The Balaban J connectivity index is 2.14. The minimum absolute atomic E-state index is 0.179. The summed E-state index contributed by atoms with van der Waals surface area (Å²) in [4.78, 5) is 13.2. The summed E-state index contributed by atoms with van der Waals surface area (Å²) < 4.78 is 4.65. The van der Waals surface area contributed by atoms with Crippen molar-refractivity contribution in [3.05, 3.63) is 29.8 Å². The maximum atomic E-state index is 11.1. The molecule has 0 N–H and O–H groups in total. The number of para-hydroxylation sites is 1. The lowest BCUT2D eigenvalue weighted by Gasteiger charge is -2.17. The van der Waals surface area contributed by atoms with Crippen molar-refractivity contribution in [3.63, 3.8) is 0 Å². The Hall–Kier alpha value is -1.51. The van der Waals surface area contributed by atoms with E-state index in [1.54, 1.807) is 0 Å². The number of carbonyl (C=O) groups excluding carboxylic acids is 1. The van der Waals surface area contributed by atoms with Gasteiger partial charge in [0.2, 0.25) is 0 Å². The smallest absolute Gasteiger partial charge is 0.325 e. The zero-order chi connectivity index (χ0) is 9.97. The number of esters is 1. The molecule has 0 aromatic heterocycles. The van der Waals surface area contributed by atoms with Crippen LogP contribution in [-0.2, 0) is 16.0 Å². The first-order chi connectivity index (χ1) is 6.81. The van der Waals surface area contributed by atoms with Crippen LogP contribution in [0.4, 0.5) is 5.69 Å². The first-order valence-corrected chi connectivity index (χ1v) is 4.71. The second kappa shape index (κ2) is 3.70. The number of hydrogen-bond acceptors (Lipinski definition) is 3. The molecule has 1 heterocycles. The number of hydrogen-bond donors (Lipinski definition) is 0. The molecule has 0 spiro atoms. The Kier molecular flexibility index (Phi) is 2.39. The quantitative estimate of drug-likeness (QED) is 0.658. The van der Waals surface area contributed by atoms with Crippen LogP contribution in [0.15, 0.2) is 24.3 Å². The lowest BCUT2D eigenvalue weighted by atomic mass is 10.2. The fraction of sp³-hybridized carbons (Fsp3) is 0.364. The van der Waals surface area contributed by atoms with Gasteiger partial charge >= 0.3 is 5.97 Å². The van der Waals surface area contributed by atoms with E-state index in [1.165, 1.54) is 12.7 Å². The highest BCUT2D eigenvalue weighted by atomic mass is 16.5. The average molecular weight is 191 g/mol. The van der Waals surface area contributed by atoms with Gasteiger partial charge in [-0.15, -0.1) is 0 Å². The van der Waals surface area contributed by atoms with E-state index in [-0.39, 0.29) is 5.97 Å². The van der Waals surface area contributed by atoms with Gasteiger partial charge in [-0.3, -0.25) is 4.79 Å². The van der Waals surface area contributed by atoms with Gasteiger partial charge in [-0.05, 0) is 18.1 Å². The van der Waals surface area contributed by atoms with Gasteiger partial charge in [0.05, 0.1) is 7.11 Å². The van der Waals surface area contributed by atoms with E-state index in [2.05, 4.69) is 15.7 Å². The molecule has 0 amide bonds. The summed E-state index contributed by atoms with van der Waals surface area (Å²) in [6.07, 6.45) is 1.02. The zero-order valence-corrected chi connectivity index (χ0v) is 8.19. The molecule has 1 aromatic carbocycles. The van der Waals surface area contributed by atoms with Crippen LogP contribution in [0.25, 0.3) is 0 Å². The van der Waals surface area contributed by atoms with Gasteiger partial charge in [-0.1, -0.05) is 18.2 Å². The van der Waals surface area contributed by atoms with Crippen LogP contribution in [-0.4, -0.2) is 26.2 Å². The van der Waals surface area contributed by atoms with E-state index in [0.29, 0.717) is 6.54 Å². The minimum atomic E-state index is -0.179. The molecule has 0 fully saturated rings. The standard InChI is InChI=1S/C11H13NO2/c1-14-11(13)8-12-7-6-9-4-2-3-5-10(9)12/h2-5H,6-8H2,1H3. The number of methoxy groups -OCH3 is 1. The third-order valence-corrected chi connectivity index (χ3v) is 2.53. The maximum absolute atomic E-state index is 11.1. The van der Waals surface area contributed by atoms with Crippen LogP contribution in [0.3, 0.4) is 0 Å². The second-order valence-electron chi connectivity index (χ2n) is 3.38. The Labute approximate surface area is 83.3 Å². The van der Waals surface area contributed by atoms with Crippen molar-refractivity contribution in [2.45, 2.75) is 6.42 Å². The first-order valence-electron chi connectivity index (χ1n) is 4.71. The van der Waals surface area contributed by atoms with E-state index in [1.807, 2.05) is 18.2 Å². The molecule has 0 aliphatic carbocycles. The van der Waals surface area contributed by atoms with Crippen molar-refractivity contribution in [3.8, 4) is 0 Å². The normalized spacial score (nSPS) is 13.9. The summed E-state index contributed by atoms with van der Waals surface area (Å²) in [6.45, 7) is 1.27. The summed E-state index contributed by atoms with van der Waals surface area (Å²) in [7, 11) is 1.42. The Morgan fingerprint density at radius 3 is 3.07 bits per heavy atom. The molecular formula is C11H13NO2. The molecule has 0 saturated heterocycles. The number of fused-ring (bicyclic) bond motifs is 1. The molecule has 2 rings (SSSR count). The maximum Gasteiger partial charge on any atom is 0.325 e. The highest BCUT2D eigenvalue weighted by Crippen LogP contribution is 2.26. The van der Waals surface area contributed by atoms with Crippen LogP contribution in [0.2, 0.25) is 0 Å². The molecule has 0 bridgehead atoms. The van der Waals surface area contributed by atoms with Gasteiger partial charge in [0.25, 0.3) is 0 Å². The third kappa shape index (κ3) is 1.58. The van der Waals surface area contributed by atoms with Crippen LogP contribution in [0, 0.1) is 0 Å². The molecule has 0 atom stereocenters. The number of ether oxygens (including phenoxy) is 1. The minimum Gasteiger partial charge on any atom is -0.468 e. The predicted molar refractivity (Wildman–Crippen MR) is 54.4 cm³/mol. The molecule has 0 saturated carbocycles. The number of carbonyl (C=O) groups is 1. The zero-order valence-electron chi connectivity index (χ0n) is 8.19. The van der Waals surface area contributed by atoms with Gasteiger partial charge in [0.15, 0.2) is 0 Å². The molecule has 1 aliphatic heterocycles. The third-order valence-electron chi connectivity index (χ3n) is 2.53. The predicted octanol–water partition coefficient (Wildman–Crippen LogP) is 1.22. The highest BCUT2D eigenvalue weighted by molar-refractivity contribution is 5.77. The first kappa shape index (κ1) is 9.06. The van der Waals surface area contributed by atoms with E-state index >= 15 is 0 Å². The Morgan fingerprint density at radius 1 is 1.50 bits per heavy atom. The van der Waals surface area contributed by atoms with Gasteiger partial charge < -0.3 is 9.64 Å². The van der Waals surface area contributed by atoms with Gasteiger partial charge in [-0.25, -0.2) is 0 Å². The monoisotopic (exact) mass is 191 g/mol. The molecule has 74 valence electrons. The van der Waals surface area contributed by atoms with Crippen molar-refractivity contribution in [2.75, 3.05) is 25.1 Å². The summed E-state index contributed by atoms with van der Waals surface area (Å²) in [5.74, 6) is -0.179. The molecular weight excluding hydrogens is 178 g/mol. The summed E-state index contributed by atoms with van der Waals surface area (Å²) in [6, 6.07) is 8.17. The number of anilines is 1. The highest BCUT2D eigenvalue weighted by Gasteiger charge is 2.20. The van der Waals surface area contributed by atoms with Crippen molar-refractivity contribution in [1.82, 2.24) is 0 Å². The fourth-order valence-corrected chi connectivity index (χ4v) is 1.79. The molecule has 3 nitrogen and oxygen atoms in total. The molecule has 3 heteroatoms. The van der Waals surface area contributed by atoms with Crippen LogP contribution >= 0.6 is 0 Å². The molecule has 1 aromatic rings. The van der Waals surface area contributed by atoms with Crippen molar-refractivity contribution >= 4 is 11.7 Å². The van der Waals surface area contributed by atoms with Gasteiger partial charge in [0, 0.05) is 12.2 Å². The fourth-order valence-electron chi connectivity index (χ4n) is 1.79. The molecule has 1 aliphatic rings. The topological polar surface area (TPSA) is 29.5 Å². The summed E-state index contributed by atoms with van der Waals surface area (Å²) >= 11 is 0. The number of nitrogens with zero attached hydrogens (tertiary/aromatic N) is 1. The average Bonchev–Trinajstić information content (AvgIpc) is 2.62. The summed E-state index contributed by atoms with van der Waals surface area (Å²) in [5.41, 5.74) is 2.48. The largest absolute Gasteiger partial charge is 0.468 e.